The molecule has 1 amide bonds. The Morgan fingerprint density at radius 3 is 2.60 bits per heavy atom. The SMILES string of the molecule is CCc1ccc(/C=C2/N=C(CCc3cccc(OC)c3)NC2=O)cc1. The number of rotatable bonds is 6. The molecule has 4 nitrogen and oxygen atoms in total. The number of benzene rings is 2. The zero-order chi connectivity index (χ0) is 17.6. The molecule has 1 aliphatic heterocycles. The molecule has 0 bridgehead atoms. The lowest BCUT2D eigenvalue weighted by molar-refractivity contribution is -0.115. The van der Waals surface area contributed by atoms with Gasteiger partial charge in [0, 0.05) is 6.42 Å². The number of aryl methyl sites for hydroxylation is 2. The van der Waals surface area contributed by atoms with Crippen molar-refractivity contribution >= 4 is 17.8 Å². The molecule has 3 rings (SSSR count). The Bertz CT molecular complexity index is 820. The summed E-state index contributed by atoms with van der Waals surface area (Å²) in [5.41, 5.74) is 3.88. The molecular formula is C21H22N2O2. The van der Waals surface area contributed by atoms with E-state index in [1.54, 1.807) is 7.11 Å². The van der Waals surface area contributed by atoms with E-state index in [4.69, 9.17) is 4.74 Å². The van der Waals surface area contributed by atoms with Gasteiger partial charge in [0.2, 0.25) is 0 Å². The lowest BCUT2D eigenvalue weighted by atomic mass is 10.1. The minimum Gasteiger partial charge on any atom is -0.497 e. The van der Waals surface area contributed by atoms with Gasteiger partial charge in [0.05, 0.1) is 7.11 Å². The van der Waals surface area contributed by atoms with Crippen LogP contribution >= 0.6 is 0 Å². The van der Waals surface area contributed by atoms with Crippen molar-refractivity contribution in [3.05, 3.63) is 70.9 Å². The number of ether oxygens (including phenoxy) is 1. The van der Waals surface area contributed by atoms with Crippen LogP contribution in [0.2, 0.25) is 0 Å². The average molecular weight is 334 g/mol. The molecule has 2 aromatic rings. The molecule has 4 heteroatoms. The Morgan fingerprint density at radius 2 is 1.88 bits per heavy atom. The van der Waals surface area contributed by atoms with E-state index in [0.29, 0.717) is 18.0 Å². The zero-order valence-electron chi connectivity index (χ0n) is 14.6. The minimum absolute atomic E-state index is 0.139. The van der Waals surface area contributed by atoms with Crippen molar-refractivity contribution in [2.75, 3.05) is 7.11 Å². The van der Waals surface area contributed by atoms with Crippen LogP contribution in [0.25, 0.3) is 6.08 Å². The number of carbonyl (C=O) groups excluding carboxylic acids is 1. The summed E-state index contributed by atoms with van der Waals surface area (Å²) in [6.45, 7) is 2.12. The number of amidine groups is 1. The van der Waals surface area contributed by atoms with Crippen LogP contribution in [0.1, 0.15) is 30.0 Å². The first-order chi connectivity index (χ1) is 12.2. The fourth-order valence-electron chi connectivity index (χ4n) is 2.73. The maximum absolute atomic E-state index is 12.1. The van der Waals surface area contributed by atoms with Gasteiger partial charge in [-0.15, -0.1) is 0 Å². The molecule has 0 aliphatic carbocycles. The smallest absolute Gasteiger partial charge is 0.275 e. The molecule has 1 aliphatic rings. The summed E-state index contributed by atoms with van der Waals surface area (Å²) in [6.07, 6.45) is 4.32. The normalized spacial score (nSPS) is 15.2. The Labute approximate surface area is 148 Å². The maximum Gasteiger partial charge on any atom is 0.275 e. The number of carbonyl (C=O) groups is 1. The van der Waals surface area contributed by atoms with Gasteiger partial charge >= 0.3 is 0 Å². The van der Waals surface area contributed by atoms with E-state index >= 15 is 0 Å². The van der Waals surface area contributed by atoms with Crippen LogP contribution in [0.15, 0.2) is 59.2 Å². The molecule has 0 atom stereocenters. The summed E-state index contributed by atoms with van der Waals surface area (Å²) in [6, 6.07) is 16.1. The largest absolute Gasteiger partial charge is 0.497 e. The van der Waals surface area contributed by atoms with Crippen LogP contribution in [0, 0.1) is 0 Å². The highest BCUT2D eigenvalue weighted by Gasteiger charge is 2.19. The predicted molar refractivity (Wildman–Crippen MR) is 101 cm³/mol. The van der Waals surface area contributed by atoms with Gasteiger partial charge in [0.25, 0.3) is 5.91 Å². The summed E-state index contributed by atoms with van der Waals surface area (Å²) in [4.78, 5) is 16.6. The first kappa shape index (κ1) is 17.0. The van der Waals surface area contributed by atoms with E-state index in [2.05, 4.69) is 29.4 Å². The highest BCUT2D eigenvalue weighted by Crippen LogP contribution is 2.17. The second kappa shape index (κ2) is 7.79. The van der Waals surface area contributed by atoms with Gasteiger partial charge in [-0.05, 0) is 47.7 Å². The van der Waals surface area contributed by atoms with E-state index in [-0.39, 0.29) is 5.91 Å². The fraction of sp³-hybridized carbons (Fsp3) is 0.238. The molecule has 128 valence electrons. The second-order valence-corrected chi connectivity index (χ2v) is 5.99. The summed E-state index contributed by atoms with van der Waals surface area (Å²) >= 11 is 0. The quantitative estimate of drug-likeness (QED) is 0.818. The topological polar surface area (TPSA) is 50.7 Å². The summed E-state index contributed by atoms with van der Waals surface area (Å²) in [7, 11) is 1.66. The molecule has 0 saturated carbocycles. The molecular weight excluding hydrogens is 312 g/mol. The molecule has 0 aromatic heterocycles. The van der Waals surface area contributed by atoms with E-state index in [1.807, 2.05) is 42.5 Å². The number of nitrogens with zero attached hydrogens (tertiary/aromatic N) is 1. The fourth-order valence-corrected chi connectivity index (χ4v) is 2.73. The van der Waals surface area contributed by atoms with Gasteiger partial charge in [-0.3, -0.25) is 4.79 Å². The minimum atomic E-state index is -0.139. The third-order valence-corrected chi connectivity index (χ3v) is 4.22. The molecule has 0 unspecified atom stereocenters. The Balaban J connectivity index is 1.67. The lowest BCUT2D eigenvalue weighted by Gasteiger charge is -2.04. The van der Waals surface area contributed by atoms with Gasteiger partial charge in [0.15, 0.2) is 0 Å². The Morgan fingerprint density at radius 1 is 1.08 bits per heavy atom. The lowest BCUT2D eigenvalue weighted by Crippen LogP contribution is -2.24. The van der Waals surface area contributed by atoms with Crippen LogP contribution in [0.4, 0.5) is 0 Å². The highest BCUT2D eigenvalue weighted by atomic mass is 16.5. The van der Waals surface area contributed by atoms with E-state index in [1.165, 1.54) is 5.56 Å². The number of amides is 1. The predicted octanol–water partition coefficient (Wildman–Crippen LogP) is 3.76. The number of hydrogen-bond acceptors (Lipinski definition) is 3. The molecule has 25 heavy (non-hydrogen) atoms. The first-order valence-corrected chi connectivity index (χ1v) is 8.50. The molecule has 0 spiro atoms. The van der Waals surface area contributed by atoms with Crippen molar-refractivity contribution in [2.24, 2.45) is 4.99 Å². The number of nitrogens with one attached hydrogen (secondary N) is 1. The van der Waals surface area contributed by atoms with Crippen molar-refractivity contribution < 1.29 is 9.53 Å². The molecule has 0 fully saturated rings. The van der Waals surface area contributed by atoms with Crippen molar-refractivity contribution in [2.45, 2.75) is 26.2 Å². The van der Waals surface area contributed by atoms with Gasteiger partial charge in [-0.1, -0.05) is 43.3 Å². The van der Waals surface area contributed by atoms with Crippen molar-refractivity contribution in [3.63, 3.8) is 0 Å². The molecule has 2 aromatic carbocycles. The van der Waals surface area contributed by atoms with Crippen molar-refractivity contribution in [3.8, 4) is 5.75 Å². The summed E-state index contributed by atoms with van der Waals surface area (Å²) in [5.74, 6) is 1.41. The second-order valence-electron chi connectivity index (χ2n) is 5.99. The monoisotopic (exact) mass is 334 g/mol. The van der Waals surface area contributed by atoms with E-state index in [9.17, 15) is 4.79 Å². The van der Waals surface area contributed by atoms with Crippen molar-refractivity contribution in [1.82, 2.24) is 5.32 Å². The van der Waals surface area contributed by atoms with Gasteiger partial charge < -0.3 is 10.1 Å². The van der Waals surface area contributed by atoms with Crippen LogP contribution in [0.3, 0.4) is 0 Å². The Hall–Kier alpha value is -2.88. The first-order valence-electron chi connectivity index (χ1n) is 8.50. The third-order valence-electron chi connectivity index (χ3n) is 4.22. The molecule has 0 saturated heterocycles. The van der Waals surface area contributed by atoms with Crippen LogP contribution in [-0.2, 0) is 17.6 Å². The summed E-state index contributed by atoms with van der Waals surface area (Å²) in [5, 5.41) is 2.86. The maximum atomic E-state index is 12.1. The number of methoxy groups -OCH3 is 1. The average Bonchev–Trinajstić information content (AvgIpc) is 3.00. The standard InChI is InChI=1S/C21H22N2O2/c1-3-15-7-9-17(10-8-15)14-19-21(24)23-20(22-19)12-11-16-5-4-6-18(13-16)25-2/h4-10,13-14H,3,11-12H2,1-2H3,(H,22,23,24)/b19-14+. The van der Waals surface area contributed by atoms with Crippen molar-refractivity contribution in [1.29, 1.82) is 0 Å². The van der Waals surface area contributed by atoms with Crippen LogP contribution in [-0.4, -0.2) is 18.9 Å². The highest BCUT2D eigenvalue weighted by molar-refractivity contribution is 6.14. The molecule has 0 radical (unpaired) electrons. The summed E-state index contributed by atoms with van der Waals surface area (Å²) < 4.78 is 5.23. The van der Waals surface area contributed by atoms with Gasteiger partial charge in [0.1, 0.15) is 17.3 Å². The molecule has 1 N–H and O–H groups in total. The Kier molecular flexibility index (Phi) is 5.29. The number of hydrogen-bond donors (Lipinski definition) is 1. The van der Waals surface area contributed by atoms with Gasteiger partial charge in [-0.2, -0.15) is 0 Å². The van der Waals surface area contributed by atoms with E-state index in [0.717, 1.165) is 29.7 Å². The third kappa shape index (κ3) is 4.35. The van der Waals surface area contributed by atoms with Crippen LogP contribution in [0.5, 0.6) is 5.75 Å². The van der Waals surface area contributed by atoms with Crippen LogP contribution < -0.4 is 10.1 Å². The molecule has 1 heterocycles. The van der Waals surface area contributed by atoms with Gasteiger partial charge in [-0.25, -0.2) is 4.99 Å². The number of aliphatic imine (C=N–C) groups is 1. The van der Waals surface area contributed by atoms with E-state index < -0.39 is 0 Å². The zero-order valence-corrected chi connectivity index (χ0v) is 14.6.